The van der Waals surface area contributed by atoms with Gasteiger partial charge in [-0.25, -0.2) is 0 Å². The molecule has 0 aliphatic heterocycles. The lowest BCUT2D eigenvalue weighted by Crippen LogP contribution is -2.37. The van der Waals surface area contributed by atoms with Crippen LogP contribution in [0.4, 0.5) is 0 Å². The van der Waals surface area contributed by atoms with Crippen LogP contribution in [0.5, 0.6) is 0 Å². The summed E-state index contributed by atoms with van der Waals surface area (Å²) in [6.07, 6.45) is 0. The number of carbonyl (C=O) groups excluding carboxylic acids is 2. The van der Waals surface area contributed by atoms with Crippen LogP contribution in [0, 0.1) is 19.8 Å². The van der Waals surface area contributed by atoms with Crippen molar-refractivity contribution in [2.24, 2.45) is 5.92 Å². The Morgan fingerprint density at radius 1 is 1.08 bits per heavy atom. The number of carbonyl (C=O) groups is 2. The summed E-state index contributed by atoms with van der Waals surface area (Å²) in [5.41, 5.74) is 3.75. The van der Waals surface area contributed by atoms with Gasteiger partial charge in [0.25, 0.3) is 5.91 Å². The summed E-state index contributed by atoms with van der Waals surface area (Å²) in [5.74, 6) is -0.861. The number of methoxy groups -OCH3 is 1. The number of hydrogen-bond donors (Lipinski definition) is 0. The monoisotopic (exact) mass is 373 g/mol. The Labute approximate surface area is 159 Å². The molecular formula is C21H24ClNO3. The number of nitrogens with zero attached hydrogens (tertiary/aromatic N) is 1. The molecule has 0 radical (unpaired) electrons. The summed E-state index contributed by atoms with van der Waals surface area (Å²) in [6, 6.07) is 13.0. The first-order valence-corrected chi connectivity index (χ1v) is 8.88. The van der Waals surface area contributed by atoms with Gasteiger partial charge in [-0.3, -0.25) is 9.59 Å². The van der Waals surface area contributed by atoms with Crippen molar-refractivity contribution in [2.45, 2.75) is 27.3 Å². The number of amides is 1. The third kappa shape index (κ3) is 5.09. The Morgan fingerprint density at radius 2 is 1.73 bits per heavy atom. The summed E-state index contributed by atoms with van der Waals surface area (Å²) in [5, 5.41) is 0.642. The van der Waals surface area contributed by atoms with E-state index in [1.807, 2.05) is 44.2 Å². The van der Waals surface area contributed by atoms with Gasteiger partial charge in [-0.2, -0.15) is 0 Å². The van der Waals surface area contributed by atoms with Gasteiger partial charge in [-0.15, -0.1) is 0 Å². The maximum Gasteiger partial charge on any atom is 0.310 e. The van der Waals surface area contributed by atoms with E-state index in [0.717, 1.165) is 16.7 Å². The molecule has 0 aliphatic carbocycles. The van der Waals surface area contributed by atoms with Crippen LogP contribution < -0.4 is 0 Å². The lowest BCUT2D eigenvalue weighted by molar-refractivity contribution is -0.145. The Morgan fingerprint density at radius 3 is 2.31 bits per heavy atom. The van der Waals surface area contributed by atoms with Crippen LogP contribution in [0.15, 0.2) is 42.5 Å². The van der Waals surface area contributed by atoms with Crippen LogP contribution in [-0.2, 0) is 16.1 Å². The second-order valence-electron chi connectivity index (χ2n) is 6.54. The van der Waals surface area contributed by atoms with E-state index in [9.17, 15) is 9.59 Å². The molecule has 0 fully saturated rings. The highest BCUT2D eigenvalue weighted by Gasteiger charge is 2.23. The van der Waals surface area contributed by atoms with E-state index in [1.165, 1.54) is 7.11 Å². The average molecular weight is 374 g/mol. The SMILES string of the molecule is COC(=O)C(C)CN(Cc1ccc(Cl)cc1)C(=O)c1ccc(C)c(C)c1. The number of aryl methyl sites for hydroxylation is 2. The molecule has 0 bridgehead atoms. The molecule has 5 heteroatoms. The van der Waals surface area contributed by atoms with Crippen molar-refractivity contribution < 1.29 is 14.3 Å². The molecule has 0 saturated carbocycles. The van der Waals surface area contributed by atoms with Crippen LogP contribution >= 0.6 is 11.6 Å². The minimum atomic E-state index is -0.414. The van der Waals surface area contributed by atoms with E-state index < -0.39 is 5.92 Å². The quantitative estimate of drug-likeness (QED) is 0.704. The second kappa shape index (κ2) is 8.86. The standard InChI is InChI=1S/C21H24ClNO3/c1-14-5-8-18(11-15(14)2)20(24)23(12-16(3)21(25)26-4)13-17-6-9-19(22)10-7-17/h5-11,16H,12-13H2,1-4H3. The normalized spacial score (nSPS) is 11.7. The number of hydrogen-bond acceptors (Lipinski definition) is 3. The van der Waals surface area contributed by atoms with Gasteiger partial charge in [0.2, 0.25) is 0 Å². The maximum atomic E-state index is 13.1. The fourth-order valence-electron chi connectivity index (χ4n) is 2.69. The first-order chi connectivity index (χ1) is 12.3. The van der Waals surface area contributed by atoms with Crippen LogP contribution in [0.3, 0.4) is 0 Å². The molecule has 0 heterocycles. The van der Waals surface area contributed by atoms with Crippen molar-refractivity contribution in [2.75, 3.05) is 13.7 Å². The smallest absolute Gasteiger partial charge is 0.310 e. The molecule has 138 valence electrons. The second-order valence-corrected chi connectivity index (χ2v) is 6.97. The number of benzene rings is 2. The summed E-state index contributed by atoms with van der Waals surface area (Å²) < 4.78 is 4.80. The fourth-order valence-corrected chi connectivity index (χ4v) is 2.82. The van der Waals surface area contributed by atoms with Gasteiger partial charge in [-0.1, -0.05) is 36.7 Å². The maximum absolute atomic E-state index is 13.1. The number of ether oxygens (including phenoxy) is 1. The topological polar surface area (TPSA) is 46.6 Å². The summed E-state index contributed by atoms with van der Waals surface area (Å²) in [4.78, 5) is 26.6. The molecule has 4 nitrogen and oxygen atoms in total. The molecule has 0 N–H and O–H groups in total. The van der Waals surface area contributed by atoms with Crippen LogP contribution in [0.2, 0.25) is 5.02 Å². The number of halogens is 1. The molecule has 2 aromatic rings. The number of esters is 1. The third-order valence-corrected chi connectivity index (χ3v) is 4.68. The van der Waals surface area contributed by atoms with Gasteiger partial charge in [0, 0.05) is 23.7 Å². The Balaban J connectivity index is 2.28. The van der Waals surface area contributed by atoms with Crippen molar-refractivity contribution in [1.82, 2.24) is 4.90 Å². The van der Waals surface area contributed by atoms with Gasteiger partial charge in [0.05, 0.1) is 13.0 Å². The van der Waals surface area contributed by atoms with Crippen molar-refractivity contribution in [3.63, 3.8) is 0 Å². The third-order valence-electron chi connectivity index (χ3n) is 4.43. The lowest BCUT2D eigenvalue weighted by atomic mass is 10.0. The van der Waals surface area contributed by atoms with E-state index in [4.69, 9.17) is 16.3 Å². The minimum absolute atomic E-state index is 0.112. The van der Waals surface area contributed by atoms with Crippen molar-refractivity contribution in [3.05, 3.63) is 69.7 Å². The molecule has 0 spiro atoms. The Bertz CT molecular complexity index is 786. The predicted molar refractivity (Wildman–Crippen MR) is 103 cm³/mol. The van der Waals surface area contributed by atoms with Crippen LogP contribution in [0.25, 0.3) is 0 Å². The molecule has 1 atom stereocenters. The summed E-state index contributed by atoms with van der Waals surface area (Å²) in [7, 11) is 1.35. The molecular weight excluding hydrogens is 350 g/mol. The molecule has 2 aromatic carbocycles. The highest BCUT2D eigenvalue weighted by Crippen LogP contribution is 2.17. The van der Waals surface area contributed by atoms with Crippen LogP contribution in [0.1, 0.15) is 34.0 Å². The van der Waals surface area contributed by atoms with Gasteiger partial charge in [0.15, 0.2) is 0 Å². The van der Waals surface area contributed by atoms with Crippen molar-refractivity contribution >= 4 is 23.5 Å². The van der Waals surface area contributed by atoms with Gasteiger partial charge in [0.1, 0.15) is 0 Å². The fraction of sp³-hybridized carbons (Fsp3) is 0.333. The number of rotatable bonds is 6. The van der Waals surface area contributed by atoms with E-state index in [1.54, 1.807) is 24.0 Å². The van der Waals surface area contributed by atoms with E-state index >= 15 is 0 Å². The first kappa shape index (κ1) is 20.0. The molecule has 26 heavy (non-hydrogen) atoms. The highest BCUT2D eigenvalue weighted by molar-refractivity contribution is 6.30. The zero-order chi connectivity index (χ0) is 19.3. The summed E-state index contributed by atoms with van der Waals surface area (Å²) in [6.45, 7) is 6.42. The lowest BCUT2D eigenvalue weighted by Gasteiger charge is -2.25. The van der Waals surface area contributed by atoms with Gasteiger partial charge >= 0.3 is 5.97 Å². The van der Waals surface area contributed by atoms with E-state index in [0.29, 0.717) is 17.1 Å². The van der Waals surface area contributed by atoms with E-state index in [2.05, 4.69) is 0 Å². The Hall–Kier alpha value is -2.33. The van der Waals surface area contributed by atoms with E-state index in [-0.39, 0.29) is 18.4 Å². The molecule has 1 amide bonds. The largest absolute Gasteiger partial charge is 0.469 e. The van der Waals surface area contributed by atoms with Crippen molar-refractivity contribution in [3.8, 4) is 0 Å². The minimum Gasteiger partial charge on any atom is -0.469 e. The zero-order valence-corrected chi connectivity index (χ0v) is 16.3. The molecule has 0 aliphatic rings. The van der Waals surface area contributed by atoms with Gasteiger partial charge < -0.3 is 9.64 Å². The Kier molecular flexibility index (Phi) is 6.81. The highest BCUT2D eigenvalue weighted by atomic mass is 35.5. The van der Waals surface area contributed by atoms with Crippen LogP contribution in [-0.4, -0.2) is 30.4 Å². The molecule has 2 rings (SSSR count). The molecule has 1 unspecified atom stereocenters. The molecule has 0 aromatic heterocycles. The summed E-state index contributed by atoms with van der Waals surface area (Å²) >= 11 is 5.94. The predicted octanol–water partition coefficient (Wildman–Crippen LogP) is 4.41. The van der Waals surface area contributed by atoms with Gasteiger partial charge in [-0.05, 0) is 54.8 Å². The average Bonchev–Trinajstić information content (AvgIpc) is 2.63. The zero-order valence-electron chi connectivity index (χ0n) is 15.6. The van der Waals surface area contributed by atoms with Crippen molar-refractivity contribution in [1.29, 1.82) is 0 Å². The first-order valence-electron chi connectivity index (χ1n) is 8.50. The molecule has 0 saturated heterocycles.